The van der Waals surface area contributed by atoms with Gasteiger partial charge in [-0.15, -0.1) is 0 Å². The lowest BCUT2D eigenvalue weighted by Gasteiger charge is -2.03. The molecule has 0 aromatic heterocycles. The Labute approximate surface area is 89.3 Å². The van der Waals surface area contributed by atoms with Gasteiger partial charge in [0.2, 0.25) is 0 Å². The maximum Gasteiger partial charge on any atom is 0.132 e. The van der Waals surface area contributed by atoms with Crippen molar-refractivity contribution in [1.29, 1.82) is 0 Å². The Morgan fingerprint density at radius 3 is 2.21 bits per heavy atom. The quantitative estimate of drug-likeness (QED) is 0.503. The van der Waals surface area contributed by atoms with Gasteiger partial charge in [-0.2, -0.15) is 0 Å². The largest absolute Gasteiger partial charge is 0.300 e. The molecule has 1 heteroatoms. The summed E-state index contributed by atoms with van der Waals surface area (Å²) < 4.78 is 0. The Morgan fingerprint density at radius 2 is 1.64 bits per heavy atom. The third-order valence-electron chi connectivity index (χ3n) is 2.52. The summed E-state index contributed by atoms with van der Waals surface area (Å²) in [5.74, 6) is 1.29. The number of hydrogen-bond donors (Lipinski definition) is 0. The minimum atomic E-state index is 0.455. The average molecular weight is 198 g/mol. The highest BCUT2D eigenvalue weighted by atomic mass is 16.1. The zero-order valence-electron chi connectivity index (χ0n) is 10.1. The van der Waals surface area contributed by atoms with Gasteiger partial charge in [0, 0.05) is 12.8 Å². The Hall–Kier alpha value is -0.330. The molecule has 1 nitrogen and oxygen atoms in total. The lowest BCUT2D eigenvalue weighted by molar-refractivity contribution is -0.119. The normalized spacial score (nSPS) is 10.9. The van der Waals surface area contributed by atoms with Crippen molar-refractivity contribution in [2.75, 3.05) is 0 Å². The van der Waals surface area contributed by atoms with Gasteiger partial charge in [-0.1, -0.05) is 46.5 Å². The number of unbranched alkanes of at least 4 members (excludes halogenated alkanes) is 3. The summed E-state index contributed by atoms with van der Waals surface area (Å²) in [5, 5.41) is 0. The molecule has 0 fully saturated rings. The Kier molecular flexibility index (Phi) is 9.02. The highest BCUT2D eigenvalue weighted by Gasteiger charge is 1.99. The standard InChI is InChI=1S/C13H26O/c1-4-9-13(14)11-8-6-5-7-10-12(2)3/h12H,4-11H2,1-3H3. The van der Waals surface area contributed by atoms with E-state index in [1.165, 1.54) is 25.7 Å². The first-order valence-corrected chi connectivity index (χ1v) is 6.18. The van der Waals surface area contributed by atoms with Gasteiger partial charge in [-0.3, -0.25) is 4.79 Å². The molecule has 0 unspecified atom stereocenters. The second kappa shape index (κ2) is 9.23. The number of carbonyl (C=O) groups excluding carboxylic acids is 1. The van der Waals surface area contributed by atoms with E-state index < -0.39 is 0 Å². The van der Waals surface area contributed by atoms with Crippen LogP contribution >= 0.6 is 0 Å². The van der Waals surface area contributed by atoms with Crippen molar-refractivity contribution in [3.05, 3.63) is 0 Å². The molecule has 0 aliphatic heterocycles. The van der Waals surface area contributed by atoms with Crippen molar-refractivity contribution in [2.45, 2.75) is 72.1 Å². The maximum atomic E-state index is 11.2. The van der Waals surface area contributed by atoms with E-state index >= 15 is 0 Å². The Morgan fingerprint density at radius 1 is 1.00 bits per heavy atom. The number of ketones is 1. The van der Waals surface area contributed by atoms with Crippen LogP contribution in [0.3, 0.4) is 0 Å². The molecule has 0 heterocycles. The minimum Gasteiger partial charge on any atom is -0.300 e. The van der Waals surface area contributed by atoms with Gasteiger partial charge < -0.3 is 0 Å². The fourth-order valence-electron chi connectivity index (χ4n) is 1.63. The highest BCUT2D eigenvalue weighted by Crippen LogP contribution is 2.11. The van der Waals surface area contributed by atoms with Gasteiger partial charge in [0.15, 0.2) is 0 Å². The number of rotatable bonds is 9. The smallest absolute Gasteiger partial charge is 0.132 e. The fourth-order valence-corrected chi connectivity index (χ4v) is 1.63. The molecule has 0 radical (unpaired) electrons. The number of hydrogen-bond acceptors (Lipinski definition) is 1. The molecule has 0 aliphatic carbocycles. The Balaban J connectivity index is 3.09. The first-order chi connectivity index (χ1) is 6.66. The molecule has 0 amide bonds. The summed E-state index contributed by atoms with van der Waals surface area (Å²) in [7, 11) is 0. The van der Waals surface area contributed by atoms with Crippen LogP contribution in [0.25, 0.3) is 0 Å². The lowest BCUT2D eigenvalue weighted by Crippen LogP contribution is -1.96. The van der Waals surface area contributed by atoms with E-state index in [2.05, 4.69) is 20.8 Å². The summed E-state index contributed by atoms with van der Waals surface area (Å²) in [6, 6.07) is 0. The van der Waals surface area contributed by atoms with Crippen molar-refractivity contribution in [2.24, 2.45) is 5.92 Å². The van der Waals surface area contributed by atoms with E-state index in [4.69, 9.17) is 0 Å². The molecule has 0 rings (SSSR count). The molecule has 0 aliphatic rings. The summed E-state index contributed by atoms with van der Waals surface area (Å²) in [4.78, 5) is 11.2. The molecule has 14 heavy (non-hydrogen) atoms. The first kappa shape index (κ1) is 13.7. The van der Waals surface area contributed by atoms with Crippen molar-refractivity contribution in [3.8, 4) is 0 Å². The summed E-state index contributed by atoms with van der Waals surface area (Å²) >= 11 is 0. The molecule has 0 atom stereocenters. The lowest BCUT2D eigenvalue weighted by atomic mass is 10.0. The van der Waals surface area contributed by atoms with Crippen LogP contribution < -0.4 is 0 Å². The van der Waals surface area contributed by atoms with Gasteiger partial charge in [-0.25, -0.2) is 0 Å². The topological polar surface area (TPSA) is 17.1 Å². The van der Waals surface area contributed by atoms with Crippen LogP contribution in [0.1, 0.15) is 72.1 Å². The Bertz CT molecular complexity index is 138. The zero-order chi connectivity index (χ0) is 10.8. The van der Waals surface area contributed by atoms with Crippen molar-refractivity contribution >= 4 is 5.78 Å². The molecule has 0 aromatic rings. The summed E-state index contributed by atoms with van der Waals surface area (Å²) in [6.45, 7) is 6.61. The van der Waals surface area contributed by atoms with Gasteiger partial charge in [-0.05, 0) is 18.8 Å². The third-order valence-corrected chi connectivity index (χ3v) is 2.52. The van der Waals surface area contributed by atoms with Crippen LogP contribution in [0.4, 0.5) is 0 Å². The van der Waals surface area contributed by atoms with Crippen LogP contribution in [0, 0.1) is 5.92 Å². The van der Waals surface area contributed by atoms with Crippen LogP contribution in [-0.4, -0.2) is 5.78 Å². The molecular formula is C13H26O. The van der Waals surface area contributed by atoms with Gasteiger partial charge in [0.05, 0.1) is 0 Å². The fraction of sp³-hybridized carbons (Fsp3) is 0.923. The summed E-state index contributed by atoms with van der Waals surface area (Å²) in [6.07, 6.45) is 8.92. The van der Waals surface area contributed by atoms with Crippen molar-refractivity contribution in [1.82, 2.24) is 0 Å². The third kappa shape index (κ3) is 9.76. The second-order valence-corrected chi connectivity index (χ2v) is 4.64. The van der Waals surface area contributed by atoms with E-state index in [0.29, 0.717) is 5.78 Å². The van der Waals surface area contributed by atoms with Crippen LogP contribution in [0.15, 0.2) is 0 Å². The van der Waals surface area contributed by atoms with E-state index in [1.54, 1.807) is 0 Å². The van der Waals surface area contributed by atoms with E-state index in [9.17, 15) is 4.79 Å². The first-order valence-electron chi connectivity index (χ1n) is 6.18. The van der Waals surface area contributed by atoms with Gasteiger partial charge >= 0.3 is 0 Å². The molecule has 0 spiro atoms. The van der Waals surface area contributed by atoms with Gasteiger partial charge in [0.1, 0.15) is 5.78 Å². The summed E-state index contributed by atoms with van der Waals surface area (Å²) in [5.41, 5.74) is 0. The molecular weight excluding hydrogens is 172 g/mol. The second-order valence-electron chi connectivity index (χ2n) is 4.64. The maximum absolute atomic E-state index is 11.2. The molecule has 0 saturated heterocycles. The number of carbonyl (C=O) groups is 1. The minimum absolute atomic E-state index is 0.455. The molecule has 0 aromatic carbocycles. The zero-order valence-corrected chi connectivity index (χ0v) is 10.1. The van der Waals surface area contributed by atoms with Crippen molar-refractivity contribution in [3.63, 3.8) is 0 Å². The SMILES string of the molecule is CCCC(=O)CCCCCCC(C)C. The van der Waals surface area contributed by atoms with Crippen molar-refractivity contribution < 1.29 is 4.79 Å². The average Bonchev–Trinajstić information content (AvgIpc) is 2.11. The predicted octanol–water partition coefficient (Wildman–Crippen LogP) is 4.35. The van der Waals surface area contributed by atoms with E-state index in [1.807, 2.05) is 0 Å². The highest BCUT2D eigenvalue weighted by molar-refractivity contribution is 5.78. The molecule has 0 N–H and O–H groups in total. The van der Waals surface area contributed by atoms with Crippen LogP contribution in [0.5, 0.6) is 0 Å². The molecule has 0 bridgehead atoms. The molecule has 0 saturated carbocycles. The van der Waals surface area contributed by atoms with E-state index in [-0.39, 0.29) is 0 Å². The van der Waals surface area contributed by atoms with Crippen LogP contribution in [0.2, 0.25) is 0 Å². The van der Waals surface area contributed by atoms with E-state index in [0.717, 1.165) is 31.6 Å². The molecule has 84 valence electrons. The number of Topliss-reactive ketones (excluding diaryl/α,β-unsaturated/α-hetero) is 1. The predicted molar refractivity (Wildman–Crippen MR) is 62.5 cm³/mol. The van der Waals surface area contributed by atoms with Gasteiger partial charge in [0.25, 0.3) is 0 Å². The van der Waals surface area contributed by atoms with Crippen LogP contribution in [-0.2, 0) is 4.79 Å². The monoisotopic (exact) mass is 198 g/mol.